The number of hydrogen-bond donors (Lipinski definition) is 1. The molecule has 0 aromatic heterocycles. The minimum atomic E-state index is -0.737. The molecule has 2 N–H and O–H groups in total. The summed E-state index contributed by atoms with van der Waals surface area (Å²) in [5, 5.41) is 9.30. The number of carbonyl (C=O) groups excluding carboxylic acids is 1. The third kappa shape index (κ3) is 2.95. The normalized spacial score (nSPS) is 19.8. The molecule has 0 saturated carbocycles. The molecule has 1 amide bonds. The zero-order valence-corrected chi connectivity index (χ0v) is 13.2. The molecular weight excluding hydrogens is 300 g/mol. The summed E-state index contributed by atoms with van der Waals surface area (Å²) in [5.74, 6) is -0.737. The Morgan fingerprint density at radius 2 is 1.58 bits per heavy atom. The molecule has 5 nitrogen and oxygen atoms in total. The zero-order chi connectivity index (χ0) is 17.1. The van der Waals surface area contributed by atoms with E-state index in [-0.39, 0.29) is 17.5 Å². The van der Waals surface area contributed by atoms with Gasteiger partial charge >= 0.3 is 0 Å². The predicted molar refractivity (Wildman–Crippen MR) is 92.8 cm³/mol. The summed E-state index contributed by atoms with van der Waals surface area (Å²) in [5.41, 5.74) is 8.29. The maximum absolute atomic E-state index is 11.7. The van der Waals surface area contributed by atoms with Crippen LogP contribution in [0.5, 0.6) is 0 Å². The van der Waals surface area contributed by atoms with Gasteiger partial charge in [-0.25, -0.2) is 0 Å². The standard InChI is InChI=1S/C19H16N4O/c1-12-7-9-14(10-8-12)17-16(13-5-3-2-4-6-13)22-15(11-20)18(23-17)19(21)24/h2-10,16-17H,1H3,(H2,21,24). The molecule has 1 aliphatic rings. The first-order chi connectivity index (χ1) is 11.6. The minimum Gasteiger partial charge on any atom is -0.364 e. The summed E-state index contributed by atoms with van der Waals surface area (Å²) in [6.45, 7) is 2.00. The summed E-state index contributed by atoms with van der Waals surface area (Å²) in [4.78, 5) is 20.6. The average Bonchev–Trinajstić information content (AvgIpc) is 2.62. The molecule has 0 spiro atoms. The van der Waals surface area contributed by atoms with Gasteiger partial charge in [-0.05, 0) is 18.1 Å². The second-order valence-corrected chi connectivity index (χ2v) is 5.64. The number of nitrogens with zero attached hydrogens (tertiary/aromatic N) is 3. The first-order valence-electron chi connectivity index (χ1n) is 7.57. The van der Waals surface area contributed by atoms with Crippen molar-refractivity contribution in [2.24, 2.45) is 15.7 Å². The number of hydrogen-bond acceptors (Lipinski definition) is 4. The summed E-state index contributed by atoms with van der Waals surface area (Å²) in [6, 6.07) is 18.7. The van der Waals surface area contributed by atoms with E-state index in [0.717, 1.165) is 16.7 Å². The lowest BCUT2D eigenvalue weighted by atomic mass is 9.91. The fraction of sp³-hybridized carbons (Fsp3) is 0.158. The molecule has 0 saturated heterocycles. The molecule has 0 radical (unpaired) electrons. The van der Waals surface area contributed by atoms with Crippen LogP contribution in [-0.2, 0) is 4.79 Å². The molecule has 24 heavy (non-hydrogen) atoms. The molecule has 2 unspecified atom stereocenters. The molecule has 0 fully saturated rings. The molecule has 118 valence electrons. The topological polar surface area (TPSA) is 91.6 Å². The molecule has 2 aromatic rings. The Bertz CT molecular complexity index is 860. The largest absolute Gasteiger partial charge is 0.364 e. The quantitative estimate of drug-likeness (QED) is 0.943. The van der Waals surface area contributed by atoms with E-state index in [2.05, 4.69) is 9.98 Å². The first kappa shape index (κ1) is 15.6. The Balaban J connectivity index is 2.14. The van der Waals surface area contributed by atoms with Crippen molar-refractivity contribution >= 4 is 17.3 Å². The van der Waals surface area contributed by atoms with Crippen molar-refractivity contribution in [1.82, 2.24) is 0 Å². The zero-order valence-electron chi connectivity index (χ0n) is 13.2. The molecule has 0 aliphatic carbocycles. The minimum absolute atomic E-state index is 0.0142. The predicted octanol–water partition coefficient (Wildman–Crippen LogP) is 2.68. The second-order valence-electron chi connectivity index (χ2n) is 5.64. The van der Waals surface area contributed by atoms with Gasteiger partial charge in [0.1, 0.15) is 18.2 Å². The van der Waals surface area contributed by atoms with E-state index in [4.69, 9.17) is 5.73 Å². The van der Waals surface area contributed by atoms with Crippen LogP contribution in [0, 0.1) is 18.3 Å². The van der Waals surface area contributed by atoms with Crippen molar-refractivity contribution in [2.75, 3.05) is 0 Å². The monoisotopic (exact) mass is 316 g/mol. The first-order valence-corrected chi connectivity index (χ1v) is 7.57. The number of rotatable bonds is 3. The number of nitriles is 1. The molecule has 0 bridgehead atoms. The average molecular weight is 316 g/mol. The highest BCUT2D eigenvalue weighted by atomic mass is 16.1. The van der Waals surface area contributed by atoms with Gasteiger partial charge in [0.15, 0.2) is 11.4 Å². The van der Waals surface area contributed by atoms with Crippen LogP contribution in [-0.4, -0.2) is 17.3 Å². The summed E-state index contributed by atoms with van der Waals surface area (Å²) in [6.07, 6.45) is 0. The Morgan fingerprint density at radius 3 is 2.17 bits per heavy atom. The van der Waals surface area contributed by atoms with E-state index in [0.29, 0.717) is 0 Å². The number of aliphatic imine (C=N–C) groups is 2. The fourth-order valence-corrected chi connectivity index (χ4v) is 2.73. The van der Waals surface area contributed by atoms with Crippen molar-refractivity contribution < 1.29 is 4.79 Å². The lowest BCUT2D eigenvalue weighted by molar-refractivity contribution is -0.111. The van der Waals surface area contributed by atoms with E-state index in [1.807, 2.05) is 67.6 Å². The van der Waals surface area contributed by atoms with Gasteiger partial charge in [0.25, 0.3) is 5.91 Å². The number of primary amides is 1. The van der Waals surface area contributed by atoms with Gasteiger partial charge in [0.2, 0.25) is 0 Å². The van der Waals surface area contributed by atoms with Gasteiger partial charge in [-0.1, -0.05) is 60.2 Å². The molecule has 5 heteroatoms. The third-order valence-corrected chi connectivity index (χ3v) is 3.96. The maximum atomic E-state index is 11.7. The number of aryl methyl sites for hydroxylation is 1. The smallest absolute Gasteiger partial charge is 0.269 e. The highest BCUT2D eigenvalue weighted by molar-refractivity contribution is 6.70. The SMILES string of the molecule is Cc1ccc(C2N=C(C(N)=O)C(C#N)=NC2c2ccccc2)cc1. The fourth-order valence-electron chi connectivity index (χ4n) is 2.73. The molecular formula is C19H16N4O. The molecule has 1 aliphatic heterocycles. The van der Waals surface area contributed by atoms with Crippen LogP contribution in [0.1, 0.15) is 28.8 Å². The van der Waals surface area contributed by atoms with Gasteiger partial charge in [-0.15, -0.1) is 0 Å². The second kappa shape index (κ2) is 6.47. The van der Waals surface area contributed by atoms with Crippen LogP contribution in [0.15, 0.2) is 64.6 Å². The van der Waals surface area contributed by atoms with Gasteiger partial charge in [0.05, 0.1) is 0 Å². The summed E-state index contributed by atoms with van der Waals surface area (Å²) < 4.78 is 0. The van der Waals surface area contributed by atoms with Crippen LogP contribution in [0.3, 0.4) is 0 Å². The van der Waals surface area contributed by atoms with Crippen molar-refractivity contribution in [3.63, 3.8) is 0 Å². The highest BCUT2D eigenvalue weighted by Crippen LogP contribution is 2.38. The highest BCUT2D eigenvalue weighted by Gasteiger charge is 2.32. The van der Waals surface area contributed by atoms with E-state index >= 15 is 0 Å². The van der Waals surface area contributed by atoms with Gasteiger partial charge in [-0.2, -0.15) is 5.26 Å². The maximum Gasteiger partial charge on any atom is 0.269 e. The van der Waals surface area contributed by atoms with Crippen LogP contribution in [0.25, 0.3) is 0 Å². The van der Waals surface area contributed by atoms with Crippen molar-refractivity contribution in [3.05, 3.63) is 71.3 Å². The van der Waals surface area contributed by atoms with Crippen molar-refractivity contribution in [2.45, 2.75) is 19.0 Å². The van der Waals surface area contributed by atoms with Gasteiger partial charge in [-0.3, -0.25) is 14.8 Å². The van der Waals surface area contributed by atoms with E-state index in [9.17, 15) is 10.1 Å². The van der Waals surface area contributed by atoms with Crippen LogP contribution < -0.4 is 5.73 Å². The number of carbonyl (C=O) groups is 1. The van der Waals surface area contributed by atoms with Crippen LogP contribution in [0.2, 0.25) is 0 Å². The molecule has 1 heterocycles. The molecule has 3 rings (SSSR count). The summed E-state index contributed by atoms with van der Waals surface area (Å²) >= 11 is 0. The lowest BCUT2D eigenvalue weighted by Crippen LogP contribution is -2.34. The van der Waals surface area contributed by atoms with Gasteiger partial charge in [0, 0.05) is 0 Å². The van der Waals surface area contributed by atoms with Crippen molar-refractivity contribution in [1.29, 1.82) is 5.26 Å². The lowest BCUT2D eigenvalue weighted by Gasteiger charge is -2.26. The van der Waals surface area contributed by atoms with Gasteiger partial charge < -0.3 is 5.73 Å². The molecule has 2 aromatic carbocycles. The van der Waals surface area contributed by atoms with E-state index < -0.39 is 11.9 Å². The van der Waals surface area contributed by atoms with Crippen molar-refractivity contribution in [3.8, 4) is 6.07 Å². The molecule has 2 atom stereocenters. The Morgan fingerprint density at radius 1 is 1.00 bits per heavy atom. The number of amides is 1. The van der Waals surface area contributed by atoms with E-state index in [1.54, 1.807) is 0 Å². The Hall–Kier alpha value is -3.26. The van der Waals surface area contributed by atoms with Crippen LogP contribution in [0.4, 0.5) is 0 Å². The van der Waals surface area contributed by atoms with Crippen LogP contribution >= 0.6 is 0 Å². The Labute approximate surface area is 140 Å². The number of nitrogens with two attached hydrogens (primary N) is 1. The summed E-state index contributed by atoms with van der Waals surface area (Å²) in [7, 11) is 0. The number of benzene rings is 2. The Kier molecular flexibility index (Phi) is 4.21. The van der Waals surface area contributed by atoms with E-state index in [1.165, 1.54) is 0 Å². The third-order valence-electron chi connectivity index (χ3n) is 3.96.